The van der Waals surface area contributed by atoms with Crippen molar-refractivity contribution in [1.82, 2.24) is 15.5 Å². The van der Waals surface area contributed by atoms with Gasteiger partial charge in [-0.3, -0.25) is 9.89 Å². The van der Waals surface area contributed by atoms with Crippen LogP contribution in [0.25, 0.3) is 0 Å². The predicted octanol–water partition coefficient (Wildman–Crippen LogP) is 1.80. The van der Waals surface area contributed by atoms with Crippen LogP contribution >= 0.6 is 0 Å². The van der Waals surface area contributed by atoms with Crippen molar-refractivity contribution in [2.24, 2.45) is 4.99 Å². The van der Waals surface area contributed by atoms with Crippen LogP contribution in [-0.4, -0.2) is 77.6 Å². The van der Waals surface area contributed by atoms with Gasteiger partial charge in [-0.15, -0.1) is 0 Å². The Hall–Kier alpha value is -1.83. The number of unbranched alkanes of at least 4 members (excludes halogenated alkanes) is 1. The van der Waals surface area contributed by atoms with E-state index in [0.29, 0.717) is 19.8 Å². The summed E-state index contributed by atoms with van der Waals surface area (Å²) < 4.78 is 16.3. The smallest absolute Gasteiger partial charge is 0.191 e. The van der Waals surface area contributed by atoms with Crippen LogP contribution < -0.4 is 15.4 Å². The number of hydrogen-bond donors (Lipinski definition) is 2. The van der Waals surface area contributed by atoms with Gasteiger partial charge in [0, 0.05) is 45.9 Å². The average Bonchev–Trinajstić information content (AvgIpc) is 2.72. The number of ether oxygens (including phenoxy) is 3. The minimum absolute atomic E-state index is 0.545. The number of methoxy groups -OCH3 is 1. The van der Waals surface area contributed by atoms with Crippen LogP contribution in [0.4, 0.5) is 0 Å². The molecule has 0 saturated carbocycles. The van der Waals surface area contributed by atoms with Crippen LogP contribution in [0.2, 0.25) is 0 Å². The van der Waals surface area contributed by atoms with E-state index in [0.717, 1.165) is 63.1 Å². The molecule has 1 fully saturated rings. The molecule has 1 heterocycles. The fourth-order valence-electron chi connectivity index (χ4n) is 3.07. The number of aliphatic imine (C=N–C) groups is 1. The van der Waals surface area contributed by atoms with E-state index in [2.05, 4.69) is 45.6 Å². The van der Waals surface area contributed by atoms with Crippen LogP contribution in [0.15, 0.2) is 23.2 Å². The summed E-state index contributed by atoms with van der Waals surface area (Å²) >= 11 is 0. The van der Waals surface area contributed by atoms with Crippen LogP contribution in [0.1, 0.15) is 24.0 Å². The lowest BCUT2D eigenvalue weighted by atomic mass is 10.1. The first-order valence-corrected chi connectivity index (χ1v) is 10.2. The molecule has 7 nitrogen and oxygen atoms in total. The molecule has 1 aliphatic heterocycles. The molecule has 0 aliphatic carbocycles. The standard InChI is InChI=1S/C21H36N4O3/c1-18-6-7-19(20(16-18)28-15-14-26-3)17-24-21(22-2)23-8-4-5-9-25-10-12-27-13-11-25/h6-7,16H,4-5,8-15,17H2,1-3H3,(H2,22,23,24). The molecule has 1 saturated heterocycles. The maximum absolute atomic E-state index is 5.86. The van der Waals surface area contributed by atoms with Crippen molar-refractivity contribution in [3.05, 3.63) is 29.3 Å². The number of morpholine rings is 1. The minimum atomic E-state index is 0.545. The highest BCUT2D eigenvalue weighted by Crippen LogP contribution is 2.20. The summed E-state index contributed by atoms with van der Waals surface area (Å²) in [5, 5.41) is 6.77. The average molecular weight is 393 g/mol. The molecule has 0 bridgehead atoms. The zero-order valence-corrected chi connectivity index (χ0v) is 17.6. The monoisotopic (exact) mass is 392 g/mol. The summed E-state index contributed by atoms with van der Waals surface area (Å²) in [6, 6.07) is 6.26. The first kappa shape index (κ1) is 22.5. The van der Waals surface area contributed by atoms with Crippen molar-refractivity contribution in [2.45, 2.75) is 26.3 Å². The molecule has 1 aromatic carbocycles. The zero-order chi connectivity index (χ0) is 20.0. The topological polar surface area (TPSA) is 67.4 Å². The molecule has 1 aliphatic rings. The number of hydrogen-bond acceptors (Lipinski definition) is 5. The number of guanidine groups is 1. The Labute approximate surface area is 169 Å². The minimum Gasteiger partial charge on any atom is -0.491 e. The van der Waals surface area contributed by atoms with Crippen LogP contribution in [-0.2, 0) is 16.0 Å². The first-order valence-electron chi connectivity index (χ1n) is 10.2. The van der Waals surface area contributed by atoms with Gasteiger partial charge in [-0.25, -0.2) is 0 Å². The van der Waals surface area contributed by atoms with E-state index in [4.69, 9.17) is 14.2 Å². The van der Waals surface area contributed by atoms with Gasteiger partial charge in [0.15, 0.2) is 5.96 Å². The molecule has 2 rings (SSSR count). The molecular weight excluding hydrogens is 356 g/mol. The third kappa shape index (κ3) is 8.46. The summed E-state index contributed by atoms with van der Waals surface area (Å²) in [6.07, 6.45) is 2.30. The second kappa shape index (κ2) is 13.4. The highest BCUT2D eigenvalue weighted by atomic mass is 16.5. The molecule has 158 valence electrons. The van der Waals surface area contributed by atoms with Crippen LogP contribution in [0.3, 0.4) is 0 Å². The lowest BCUT2D eigenvalue weighted by molar-refractivity contribution is 0.0372. The summed E-state index contributed by atoms with van der Waals surface area (Å²) in [5.74, 6) is 1.71. The van der Waals surface area contributed by atoms with Gasteiger partial charge in [-0.1, -0.05) is 12.1 Å². The van der Waals surface area contributed by atoms with Crippen molar-refractivity contribution in [3.8, 4) is 5.75 Å². The molecule has 0 amide bonds. The summed E-state index contributed by atoms with van der Waals surface area (Å²) in [4.78, 5) is 6.79. The summed E-state index contributed by atoms with van der Waals surface area (Å²) in [6.45, 7) is 9.75. The van der Waals surface area contributed by atoms with Gasteiger partial charge in [0.1, 0.15) is 12.4 Å². The largest absolute Gasteiger partial charge is 0.491 e. The van der Waals surface area contributed by atoms with Crippen molar-refractivity contribution in [3.63, 3.8) is 0 Å². The Morgan fingerprint density at radius 3 is 2.75 bits per heavy atom. The Kier molecular flexibility index (Phi) is 10.7. The fourth-order valence-corrected chi connectivity index (χ4v) is 3.07. The lowest BCUT2D eigenvalue weighted by Crippen LogP contribution is -2.38. The summed E-state index contributed by atoms with van der Waals surface area (Å²) in [7, 11) is 3.48. The first-order chi connectivity index (χ1) is 13.7. The Bertz CT molecular complexity index is 589. The molecular formula is C21H36N4O3. The van der Waals surface area contributed by atoms with E-state index in [-0.39, 0.29) is 0 Å². The number of benzene rings is 1. The molecule has 1 aromatic rings. The third-order valence-corrected chi connectivity index (χ3v) is 4.73. The summed E-state index contributed by atoms with van der Waals surface area (Å²) in [5.41, 5.74) is 2.29. The highest BCUT2D eigenvalue weighted by Gasteiger charge is 2.09. The predicted molar refractivity (Wildman–Crippen MR) is 113 cm³/mol. The Morgan fingerprint density at radius 1 is 1.18 bits per heavy atom. The number of nitrogens with one attached hydrogen (secondary N) is 2. The SMILES string of the molecule is CN=C(NCCCCN1CCOCC1)NCc1ccc(C)cc1OCCOC. The van der Waals surface area contributed by atoms with Gasteiger partial charge in [0.2, 0.25) is 0 Å². The second-order valence-corrected chi connectivity index (χ2v) is 6.97. The van der Waals surface area contributed by atoms with Gasteiger partial charge >= 0.3 is 0 Å². The van der Waals surface area contributed by atoms with Gasteiger partial charge in [0.25, 0.3) is 0 Å². The number of aryl methyl sites for hydroxylation is 1. The van der Waals surface area contributed by atoms with E-state index in [1.165, 1.54) is 12.0 Å². The van der Waals surface area contributed by atoms with E-state index in [1.807, 2.05) is 0 Å². The second-order valence-electron chi connectivity index (χ2n) is 6.97. The zero-order valence-electron chi connectivity index (χ0n) is 17.6. The van der Waals surface area contributed by atoms with Crippen molar-refractivity contribution < 1.29 is 14.2 Å². The van der Waals surface area contributed by atoms with Gasteiger partial charge in [0.05, 0.1) is 19.8 Å². The normalized spacial score (nSPS) is 15.5. The third-order valence-electron chi connectivity index (χ3n) is 4.73. The Morgan fingerprint density at radius 2 is 2.00 bits per heavy atom. The van der Waals surface area contributed by atoms with Gasteiger partial charge < -0.3 is 24.8 Å². The van der Waals surface area contributed by atoms with Crippen molar-refractivity contribution in [2.75, 3.05) is 66.8 Å². The molecule has 0 unspecified atom stereocenters. The lowest BCUT2D eigenvalue weighted by Gasteiger charge is -2.26. The molecule has 2 N–H and O–H groups in total. The molecule has 7 heteroatoms. The van der Waals surface area contributed by atoms with Crippen LogP contribution in [0.5, 0.6) is 5.75 Å². The van der Waals surface area contributed by atoms with E-state index in [9.17, 15) is 0 Å². The molecule has 0 radical (unpaired) electrons. The number of rotatable bonds is 11. The van der Waals surface area contributed by atoms with Gasteiger partial charge in [-0.05, 0) is 37.9 Å². The van der Waals surface area contributed by atoms with Crippen LogP contribution in [0, 0.1) is 6.92 Å². The number of nitrogens with zero attached hydrogens (tertiary/aromatic N) is 2. The molecule has 28 heavy (non-hydrogen) atoms. The van der Waals surface area contributed by atoms with Gasteiger partial charge in [-0.2, -0.15) is 0 Å². The van der Waals surface area contributed by atoms with E-state index >= 15 is 0 Å². The quantitative estimate of drug-likeness (QED) is 0.340. The Balaban J connectivity index is 1.69. The maximum atomic E-state index is 5.86. The molecule has 0 atom stereocenters. The fraction of sp³-hybridized carbons (Fsp3) is 0.667. The highest BCUT2D eigenvalue weighted by molar-refractivity contribution is 5.79. The van der Waals surface area contributed by atoms with E-state index < -0.39 is 0 Å². The molecule has 0 spiro atoms. The van der Waals surface area contributed by atoms with E-state index in [1.54, 1.807) is 14.2 Å². The van der Waals surface area contributed by atoms with Crippen molar-refractivity contribution in [1.29, 1.82) is 0 Å². The molecule has 0 aromatic heterocycles. The maximum Gasteiger partial charge on any atom is 0.191 e. The van der Waals surface area contributed by atoms with Crippen molar-refractivity contribution >= 4 is 5.96 Å².